The van der Waals surface area contributed by atoms with Crippen LogP contribution in [0.25, 0.3) is 0 Å². The topological polar surface area (TPSA) is 66.0 Å². The van der Waals surface area contributed by atoms with Gasteiger partial charge < -0.3 is 24.3 Å². The fourth-order valence-corrected chi connectivity index (χ4v) is 3.44. The first-order chi connectivity index (χ1) is 15.2. The van der Waals surface area contributed by atoms with Crippen LogP contribution < -0.4 is 24.3 Å². The van der Waals surface area contributed by atoms with Crippen LogP contribution in [0.2, 0.25) is 5.02 Å². The van der Waals surface area contributed by atoms with Crippen molar-refractivity contribution in [1.82, 2.24) is 5.32 Å². The summed E-state index contributed by atoms with van der Waals surface area (Å²) in [5.41, 5.74) is 1.66. The minimum absolute atomic E-state index is 0.00360. The molecule has 1 heterocycles. The summed E-state index contributed by atoms with van der Waals surface area (Å²) in [4.78, 5) is 12.2. The van der Waals surface area contributed by atoms with Crippen LogP contribution in [-0.4, -0.2) is 45.6 Å². The molecule has 0 saturated carbocycles. The average Bonchev–Trinajstić information content (AvgIpc) is 2.76. The lowest BCUT2D eigenvalue weighted by molar-refractivity contribution is -0.153. The van der Waals surface area contributed by atoms with Crippen LogP contribution >= 0.6 is 11.6 Å². The second-order valence-corrected chi connectivity index (χ2v) is 7.50. The van der Waals surface area contributed by atoms with Gasteiger partial charge in [-0.1, -0.05) is 17.7 Å². The number of methoxy groups -OCH3 is 1. The fraction of sp³-hybridized carbons (Fsp3) is 0.409. The van der Waals surface area contributed by atoms with Gasteiger partial charge in [-0.3, -0.25) is 4.79 Å². The van der Waals surface area contributed by atoms with E-state index in [0.717, 1.165) is 11.1 Å². The second kappa shape index (κ2) is 10.7. The zero-order chi connectivity index (χ0) is 23.1. The van der Waals surface area contributed by atoms with E-state index in [9.17, 15) is 18.0 Å². The lowest BCUT2D eigenvalue weighted by Gasteiger charge is -2.20. The van der Waals surface area contributed by atoms with E-state index in [-0.39, 0.29) is 23.8 Å². The van der Waals surface area contributed by atoms with E-state index < -0.39 is 12.8 Å². The van der Waals surface area contributed by atoms with Crippen molar-refractivity contribution in [2.24, 2.45) is 0 Å². The van der Waals surface area contributed by atoms with Gasteiger partial charge in [0.05, 0.1) is 12.1 Å². The molecule has 3 rings (SSSR count). The van der Waals surface area contributed by atoms with Crippen LogP contribution in [0.1, 0.15) is 17.5 Å². The summed E-state index contributed by atoms with van der Waals surface area (Å²) >= 11 is 6.22. The van der Waals surface area contributed by atoms with Crippen molar-refractivity contribution in [1.29, 1.82) is 0 Å². The van der Waals surface area contributed by atoms with Gasteiger partial charge in [-0.15, -0.1) is 0 Å². The van der Waals surface area contributed by atoms with E-state index in [2.05, 4.69) is 5.32 Å². The van der Waals surface area contributed by atoms with Gasteiger partial charge in [0, 0.05) is 13.0 Å². The molecule has 0 aliphatic carbocycles. The zero-order valence-electron chi connectivity index (χ0n) is 17.4. The van der Waals surface area contributed by atoms with Crippen molar-refractivity contribution in [3.05, 3.63) is 46.5 Å². The van der Waals surface area contributed by atoms with Crippen LogP contribution in [0.15, 0.2) is 30.3 Å². The number of ether oxygens (including phenoxy) is 4. The summed E-state index contributed by atoms with van der Waals surface area (Å²) < 4.78 is 57.9. The summed E-state index contributed by atoms with van der Waals surface area (Å²) in [5.74, 6) is 1.17. The van der Waals surface area contributed by atoms with Gasteiger partial charge >= 0.3 is 6.18 Å². The van der Waals surface area contributed by atoms with Crippen molar-refractivity contribution >= 4 is 17.5 Å². The Morgan fingerprint density at radius 3 is 2.62 bits per heavy atom. The molecule has 0 saturated heterocycles. The Morgan fingerprint density at radius 1 is 1.09 bits per heavy atom. The lowest BCUT2D eigenvalue weighted by Crippen LogP contribution is -2.26. The van der Waals surface area contributed by atoms with Gasteiger partial charge in [-0.2, -0.15) is 13.2 Å². The standard InChI is InChI=1S/C22H23ClF3NO5/c1-29-18-11-14(2-4-17(18)32-13-22(24,25)26)3-5-20(28)27-7-6-15-10-16(23)21-19(12-15)30-8-9-31-21/h2,4,10-12H,3,5-9,13H2,1H3,(H,27,28). The number of fused-ring (bicyclic) bond motifs is 1. The zero-order valence-corrected chi connectivity index (χ0v) is 18.1. The number of rotatable bonds is 9. The number of carbonyl (C=O) groups is 1. The SMILES string of the molecule is COc1cc(CCC(=O)NCCc2cc(Cl)c3c(c2)OCCO3)ccc1OCC(F)(F)F. The number of alkyl halides is 3. The molecule has 2 aromatic rings. The van der Waals surface area contributed by atoms with Crippen LogP contribution in [-0.2, 0) is 17.6 Å². The second-order valence-electron chi connectivity index (χ2n) is 7.09. The first kappa shape index (κ1) is 23.8. The van der Waals surface area contributed by atoms with Gasteiger partial charge in [-0.25, -0.2) is 0 Å². The Bertz CT molecular complexity index is 952. The predicted octanol–water partition coefficient (Wildman–Crippen LogP) is 4.35. The minimum atomic E-state index is -4.44. The molecule has 0 fully saturated rings. The summed E-state index contributed by atoms with van der Waals surface area (Å²) in [7, 11) is 1.34. The smallest absolute Gasteiger partial charge is 0.422 e. The molecule has 0 radical (unpaired) electrons. The Morgan fingerprint density at radius 2 is 1.88 bits per heavy atom. The largest absolute Gasteiger partial charge is 0.493 e. The number of nitrogens with one attached hydrogen (secondary N) is 1. The Hall–Kier alpha value is -2.81. The van der Waals surface area contributed by atoms with E-state index in [1.807, 2.05) is 6.07 Å². The first-order valence-corrected chi connectivity index (χ1v) is 10.3. The monoisotopic (exact) mass is 473 g/mol. The van der Waals surface area contributed by atoms with E-state index in [4.69, 9.17) is 30.5 Å². The maximum absolute atomic E-state index is 12.3. The molecule has 0 unspecified atom stereocenters. The summed E-state index contributed by atoms with van der Waals surface area (Å²) in [6.45, 7) is -0.0664. The molecule has 0 bridgehead atoms. The molecule has 0 spiro atoms. The summed E-state index contributed by atoms with van der Waals surface area (Å²) in [5, 5.41) is 3.32. The van der Waals surface area contributed by atoms with E-state index >= 15 is 0 Å². The van der Waals surface area contributed by atoms with Gasteiger partial charge in [0.2, 0.25) is 5.91 Å². The molecule has 174 valence electrons. The van der Waals surface area contributed by atoms with Crippen molar-refractivity contribution in [2.75, 3.05) is 33.5 Å². The van der Waals surface area contributed by atoms with Crippen molar-refractivity contribution < 1.29 is 36.9 Å². The molecule has 6 nitrogen and oxygen atoms in total. The highest BCUT2D eigenvalue weighted by Crippen LogP contribution is 2.38. The van der Waals surface area contributed by atoms with E-state index in [0.29, 0.717) is 49.1 Å². The van der Waals surface area contributed by atoms with Crippen LogP contribution in [0, 0.1) is 0 Å². The fourth-order valence-electron chi connectivity index (χ4n) is 3.15. The predicted molar refractivity (Wildman–Crippen MR) is 112 cm³/mol. The number of carbonyl (C=O) groups excluding carboxylic acids is 1. The summed E-state index contributed by atoms with van der Waals surface area (Å²) in [6, 6.07) is 8.22. The third-order valence-corrected chi connectivity index (χ3v) is 4.93. The molecule has 10 heteroatoms. The number of aryl methyl sites for hydroxylation is 1. The molecule has 0 atom stereocenters. The van der Waals surface area contributed by atoms with Gasteiger partial charge in [0.15, 0.2) is 29.6 Å². The number of benzene rings is 2. The Kier molecular flexibility index (Phi) is 7.95. The molecule has 0 aromatic heterocycles. The molecular formula is C22H23ClF3NO5. The van der Waals surface area contributed by atoms with E-state index in [1.165, 1.54) is 13.2 Å². The van der Waals surface area contributed by atoms with Crippen molar-refractivity contribution in [2.45, 2.75) is 25.4 Å². The molecule has 2 aromatic carbocycles. The van der Waals surface area contributed by atoms with Gasteiger partial charge in [0.25, 0.3) is 0 Å². The number of halogens is 4. The Labute approximate surface area is 188 Å². The first-order valence-electron chi connectivity index (χ1n) is 9.96. The molecule has 1 aliphatic heterocycles. The highest BCUT2D eigenvalue weighted by atomic mass is 35.5. The molecule has 1 N–H and O–H groups in total. The number of amides is 1. The molecule has 1 aliphatic rings. The van der Waals surface area contributed by atoms with Gasteiger partial charge in [-0.05, 0) is 48.2 Å². The van der Waals surface area contributed by atoms with Crippen molar-refractivity contribution in [3.63, 3.8) is 0 Å². The third kappa shape index (κ3) is 6.85. The van der Waals surface area contributed by atoms with Gasteiger partial charge in [0.1, 0.15) is 13.2 Å². The highest BCUT2D eigenvalue weighted by Gasteiger charge is 2.29. The normalized spacial score (nSPS) is 12.9. The molecule has 1 amide bonds. The average molecular weight is 474 g/mol. The number of hydrogen-bond donors (Lipinski definition) is 1. The molecule has 32 heavy (non-hydrogen) atoms. The highest BCUT2D eigenvalue weighted by molar-refractivity contribution is 6.32. The Balaban J connectivity index is 1.46. The number of hydrogen-bond acceptors (Lipinski definition) is 5. The third-order valence-electron chi connectivity index (χ3n) is 4.65. The van der Waals surface area contributed by atoms with Crippen LogP contribution in [0.4, 0.5) is 13.2 Å². The molecular weight excluding hydrogens is 451 g/mol. The van der Waals surface area contributed by atoms with Crippen LogP contribution in [0.3, 0.4) is 0 Å². The lowest BCUT2D eigenvalue weighted by atomic mass is 10.1. The van der Waals surface area contributed by atoms with Crippen LogP contribution in [0.5, 0.6) is 23.0 Å². The maximum atomic E-state index is 12.3. The maximum Gasteiger partial charge on any atom is 0.422 e. The van der Waals surface area contributed by atoms with Crippen molar-refractivity contribution in [3.8, 4) is 23.0 Å². The minimum Gasteiger partial charge on any atom is -0.493 e. The summed E-state index contributed by atoms with van der Waals surface area (Å²) in [6.07, 6.45) is -3.25. The quantitative estimate of drug-likeness (QED) is 0.586. The van der Waals surface area contributed by atoms with E-state index in [1.54, 1.807) is 18.2 Å².